The summed E-state index contributed by atoms with van der Waals surface area (Å²) < 4.78 is 10.8. The Morgan fingerprint density at radius 2 is 2.11 bits per heavy atom. The number of hydrogen-bond donors (Lipinski definition) is 2. The van der Waals surface area contributed by atoms with Crippen LogP contribution in [0.3, 0.4) is 0 Å². The molecule has 0 aliphatic carbocycles. The van der Waals surface area contributed by atoms with Crippen LogP contribution in [0.15, 0.2) is 18.2 Å². The Morgan fingerprint density at radius 3 is 2.72 bits per heavy atom. The molecule has 18 heavy (non-hydrogen) atoms. The van der Waals surface area contributed by atoms with Crippen LogP contribution in [0.1, 0.15) is 12.0 Å². The van der Waals surface area contributed by atoms with E-state index in [0.29, 0.717) is 19.6 Å². The molecule has 2 N–H and O–H groups in total. The van der Waals surface area contributed by atoms with Gasteiger partial charge < -0.3 is 20.1 Å². The molecular weight excluding hydrogens is 232 g/mol. The lowest BCUT2D eigenvalue weighted by molar-refractivity contribution is -0.121. The average Bonchev–Trinajstić information content (AvgIpc) is 2.40. The van der Waals surface area contributed by atoms with Gasteiger partial charge in [0.1, 0.15) is 11.5 Å². The molecule has 5 nitrogen and oxygen atoms in total. The summed E-state index contributed by atoms with van der Waals surface area (Å²) in [5, 5.41) is 5.63. The van der Waals surface area contributed by atoms with Crippen LogP contribution in [0.2, 0.25) is 0 Å². The summed E-state index contributed by atoms with van der Waals surface area (Å²) >= 11 is 0. The molecule has 0 saturated carbocycles. The lowest BCUT2D eigenvalue weighted by atomic mass is 10.2. The van der Waals surface area contributed by atoms with Crippen molar-refractivity contribution >= 4 is 5.91 Å². The molecule has 1 rings (SSSR count). The summed E-state index contributed by atoms with van der Waals surface area (Å²) in [6.45, 7) is 1.06. The molecule has 0 unspecified atom stereocenters. The molecule has 0 aliphatic rings. The van der Waals surface area contributed by atoms with Crippen LogP contribution < -0.4 is 20.1 Å². The Balaban J connectivity index is 2.68. The molecule has 5 heteroatoms. The maximum atomic E-state index is 11.1. The molecule has 0 bridgehead atoms. The van der Waals surface area contributed by atoms with Gasteiger partial charge in [-0.3, -0.25) is 4.79 Å². The van der Waals surface area contributed by atoms with Crippen molar-refractivity contribution in [1.29, 1.82) is 0 Å². The van der Waals surface area contributed by atoms with E-state index >= 15 is 0 Å². The minimum Gasteiger partial charge on any atom is -0.497 e. The summed E-state index contributed by atoms with van der Waals surface area (Å²) in [6.07, 6.45) is 0.340. The average molecular weight is 252 g/mol. The van der Waals surface area contributed by atoms with E-state index in [-0.39, 0.29) is 5.91 Å². The second-order valence-corrected chi connectivity index (χ2v) is 3.78. The van der Waals surface area contributed by atoms with Gasteiger partial charge in [-0.1, -0.05) is 6.07 Å². The summed E-state index contributed by atoms with van der Waals surface area (Å²) in [7, 11) is 5.10. The molecule has 0 aromatic heterocycles. The third kappa shape index (κ3) is 4.25. The molecule has 0 radical (unpaired) electrons. The van der Waals surface area contributed by atoms with E-state index in [1.165, 1.54) is 0 Å². The van der Waals surface area contributed by atoms with Gasteiger partial charge in [0.05, 0.1) is 20.1 Å². The third-order valence-corrected chi connectivity index (χ3v) is 2.51. The normalized spacial score (nSPS) is 9.94. The monoisotopic (exact) mass is 252 g/mol. The zero-order chi connectivity index (χ0) is 13.4. The molecular formula is C13H20N2O3. The van der Waals surface area contributed by atoms with Crippen LogP contribution >= 0.6 is 0 Å². The number of rotatable bonds is 7. The van der Waals surface area contributed by atoms with E-state index in [9.17, 15) is 4.79 Å². The van der Waals surface area contributed by atoms with Crippen LogP contribution in [-0.2, 0) is 11.3 Å². The van der Waals surface area contributed by atoms with Gasteiger partial charge in [0, 0.05) is 25.2 Å². The Labute approximate surface area is 107 Å². The third-order valence-electron chi connectivity index (χ3n) is 2.51. The number of methoxy groups -OCH3 is 1. The molecule has 1 aromatic rings. The first-order chi connectivity index (χ1) is 8.71. The predicted molar refractivity (Wildman–Crippen MR) is 69.9 cm³/mol. The topological polar surface area (TPSA) is 59.6 Å². The van der Waals surface area contributed by atoms with Gasteiger partial charge in [-0.25, -0.2) is 0 Å². The van der Waals surface area contributed by atoms with E-state index < -0.39 is 0 Å². The molecule has 0 fully saturated rings. The first-order valence-electron chi connectivity index (χ1n) is 5.86. The minimum absolute atomic E-state index is 0.0342. The van der Waals surface area contributed by atoms with Crippen molar-refractivity contribution in [3.05, 3.63) is 23.8 Å². The lowest BCUT2D eigenvalue weighted by Gasteiger charge is -2.12. The van der Waals surface area contributed by atoms with Gasteiger partial charge in [0.2, 0.25) is 5.91 Å². The molecule has 0 spiro atoms. The van der Waals surface area contributed by atoms with Gasteiger partial charge >= 0.3 is 0 Å². The molecule has 0 saturated heterocycles. The van der Waals surface area contributed by atoms with Crippen molar-refractivity contribution in [2.45, 2.75) is 13.0 Å². The van der Waals surface area contributed by atoms with Crippen LogP contribution in [0.25, 0.3) is 0 Å². The van der Waals surface area contributed by atoms with Crippen molar-refractivity contribution in [1.82, 2.24) is 10.6 Å². The van der Waals surface area contributed by atoms with Crippen molar-refractivity contribution in [2.24, 2.45) is 0 Å². The van der Waals surface area contributed by atoms with Crippen molar-refractivity contribution in [2.75, 3.05) is 27.8 Å². The quantitative estimate of drug-likeness (QED) is 0.758. The maximum absolute atomic E-state index is 11.1. The van der Waals surface area contributed by atoms with Crippen molar-refractivity contribution in [3.63, 3.8) is 0 Å². The van der Waals surface area contributed by atoms with Gasteiger partial charge in [0.15, 0.2) is 0 Å². The predicted octanol–water partition coefficient (Wildman–Crippen LogP) is 0.929. The Hall–Kier alpha value is -1.75. The van der Waals surface area contributed by atoms with E-state index in [2.05, 4.69) is 10.6 Å². The highest BCUT2D eigenvalue weighted by Crippen LogP contribution is 2.24. The highest BCUT2D eigenvalue weighted by molar-refractivity contribution is 5.75. The zero-order valence-corrected chi connectivity index (χ0v) is 11.1. The molecule has 1 aromatic carbocycles. The molecule has 0 atom stereocenters. The number of amides is 1. The van der Waals surface area contributed by atoms with Crippen LogP contribution in [0, 0.1) is 0 Å². The number of benzene rings is 1. The second-order valence-electron chi connectivity index (χ2n) is 3.78. The molecule has 1 amide bonds. The zero-order valence-electron chi connectivity index (χ0n) is 11.1. The Bertz CT molecular complexity index is 394. The minimum atomic E-state index is -0.0342. The summed E-state index contributed by atoms with van der Waals surface area (Å²) in [5.41, 5.74) is 1.04. The number of hydrogen-bond acceptors (Lipinski definition) is 4. The fourth-order valence-electron chi connectivity index (χ4n) is 1.51. The summed E-state index contributed by atoms with van der Waals surface area (Å²) in [4.78, 5) is 11.1. The lowest BCUT2D eigenvalue weighted by Crippen LogP contribution is -2.20. The number of ether oxygens (including phenoxy) is 2. The van der Waals surface area contributed by atoms with Crippen molar-refractivity contribution in [3.8, 4) is 11.5 Å². The molecule has 100 valence electrons. The molecule has 0 aliphatic heterocycles. The summed E-state index contributed by atoms with van der Waals surface area (Å²) in [6, 6.07) is 5.67. The highest BCUT2D eigenvalue weighted by atomic mass is 16.5. The molecule has 0 heterocycles. The first-order valence-corrected chi connectivity index (χ1v) is 5.86. The summed E-state index contributed by atoms with van der Waals surface area (Å²) in [5.74, 6) is 1.45. The smallest absolute Gasteiger partial charge is 0.223 e. The highest BCUT2D eigenvalue weighted by Gasteiger charge is 2.06. The van der Waals surface area contributed by atoms with Gasteiger partial charge in [-0.05, 0) is 13.1 Å². The van der Waals surface area contributed by atoms with E-state index in [1.807, 2.05) is 25.2 Å². The maximum Gasteiger partial charge on any atom is 0.223 e. The number of carbonyl (C=O) groups excluding carboxylic acids is 1. The van der Waals surface area contributed by atoms with Crippen molar-refractivity contribution < 1.29 is 14.3 Å². The van der Waals surface area contributed by atoms with Crippen LogP contribution in [-0.4, -0.2) is 33.7 Å². The van der Waals surface area contributed by atoms with E-state index in [4.69, 9.17) is 9.47 Å². The van der Waals surface area contributed by atoms with Gasteiger partial charge in [-0.2, -0.15) is 0 Å². The fourth-order valence-corrected chi connectivity index (χ4v) is 1.51. The Kier molecular flexibility index (Phi) is 6.00. The van der Waals surface area contributed by atoms with Crippen LogP contribution in [0.5, 0.6) is 11.5 Å². The van der Waals surface area contributed by atoms with Gasteiger partial charge in [-0.15, -0.1) is 0 Å². The second kappa shape index (κ2) is 7.55. The first kappa shape index (κ1) is 14.3. The standard InChI is InChI=1S/C13H20N2O3/c1-14-9-10-4-5-11(17-3)8-12(10)18-7-6-13(16)15-2/h4-5,8,14H,6-7,9H2,1-3H3,(H,15,16). The van der Waals surface area contributed by atoms with E-state index in [0.717, 1.165) is 17.1 Å². The fraction of sp³-hybridized carbons (Fsp3) is 0.462. The Morgan fingerprint density at radius 1 is 1.33 bits per heavy atom. The number of carbonyl (C=O) groups is 1. The SMILES string of the molecule is CNCc1ccc(OC)cc1OCCC(=O)NC. The van der Waals surface area contributed by atoms with Crippen LogP contribution in [0.4, 0.5) is 0 Å². The van der Waals surface area contributed by atoms with E-state index in [1.54, 1.807) is 14.2 Å². The van der Waals surface area contributed by atoms with Gasteiger partial charge in [0.25, 0.3) is 0 Å². The largest absolute Gasteiger partial charge is 0.497 e. The number of nitrogens with one attached hydrogen (secondary N) is 2.